The predicted octanol–water partition coefficient (Wildman–Crippen LogP) is 7.44. The topological polar surface area (TPSA) is 175 Å². The van der Waals surface area contributed by atoms with Crippen molar-refractivity contribution in [2.45, 2.75) is 62.2 Å². The molecule has 2 heterocycles. The molecule has 64 heavy (non-hydrogen) atoms. The number of methoxy groups -OCH3 is 2. The van der Waals surface area contributed by atoms with Crippen molar-refractivity contribution < 1.29 is 64.6 Å². The van der Waals surface area contributed by atoms with Gasteiger partial charge in [-0.15, -0.1) is 0 Å². The maximum absolute atomic E-state index is 14.7. The molecule has 6 rings (SSSR count). The van der Waals surface area contributed by atoms with Gasteiger partial charge in [0.1, 0.15) is 24.2 Å². The van der Waals surface area contributed by atoms with E-state index in [1.165, 1.54) is 9.80 Å². The zero-order chi connectivity index (χ0) is 46.3. The highest BCUT2D eigenvalue weighted by Gasteiger charge is 2.42. The van der Waals surface area contributed by atoms with Crippen LogP contribution in [0, 0.1) is 0 Å². The molecular formula is C44H42F6N6O8. The van der Waals surface area contributed by atoms with Gasteiger partial charge in [0.05, 0.1) is 25.3 Å². The minimum absolute atomic E-state index is 0.0762. The van der Waals surface area contributed by atoms with Crippen molar-refractivity contribution in [3.8, 4) is 11.1 Å². The fraction of sp³-hybridized carbons (Fsp3) is 0.318. The molecule has 6 amide bonds. The normalized spacial score (nSPS) is 17.2. The lowest BCUT2D eigenvalue weighted by Gasteiger charge is -2.29. The maximum atomic E-state index is 14.7. The van der Waals surface area contributed by atoms with Gasteiger partial charge >= 0.3 is 24.5 Å². The fourth-order valence-corrected chi connectivity index (χ4v) is 7.79. The third-order valence-corrected chi connectivity index (χ3v) is 10.8. The van der Waals surface area contributed by atoms with Crippen molar-refractivity contribution in [1.82, 2.24) is 20.4 Å². The van der Waals surface area contributed by atoms with Crippen molar-refractivity contribution in [3.63, 3.8) is 0 Å². The molecule has 0 aliphatic carbocycles. The van der Waals surface area contributed by atoms with Crippen LogP contribution in [-0.4, -0.2) is 85.0 Å². The van der Waals surface area contributed by atoms with Gasteiger partial charge in [-0.05, 0) is 72.2 Å². The Balaban J connectivity index is 1.23. The van der Waals surface area contributed by atoms with E-state index in [0.717, 1.165) is 38.5 Å². The quantitative estimate of drug-likeness (QED) is 0.112. The summed E-state index contributed by atoms with van der Waals surface area (Å²) in [6, 6.07) is 15.8. The number of amides is 6. The summed E-state index contributed by atoms with van der Waals surface area (Å²) in [4.78, 5) is 81.3. The number of halogens is 6. The third kappa shape index (κ3) is 10.6. The van der Waals surface area contributed by atoms with Crippen LogP contribution < -0.4 is 21.3 Å². The fourth-order valence-electron chi connectivity index (χ4n) is 7.79. The SMILES string of the molecule is COC(=O)N[C@@H](C(=O)N1CCC[C@H]1C(=O)Nc1ccc(-c2ccc(NC(=O)[C@@H]3CCCN3C(=O)[C@H](NC(=O)OC)c3ccccc3)cc2C(F)(F)F)c(C(F)(F)F)c1)c1ccccc1. The van der Waals surface area contributed by atoms with Crippen molar-refractivity contribution in [2.24, 2.45) is 0 Å². The van der Waals surface area contributed by atoms with E-state index in [1.54, 1.807) is 60.7 Å². The minimum atomic E-state index is -5.23. The smallest absolute Gasteiger partial charge is 0.417 e. The van der Waals surface area contributed by atoms with Crippen LogP contribution in [0.15, 0.2) is 97.1 Å². The molecule has 338 valence electrons. The van der Waals surface area contributed by atoms with Gasteiger partial charge in [-0.25, -0.2) is 9.59 Å². The van der Waals surface area contributed by atoms with E-state index in [0.29, 0.717) is 36.1 Å². The van der Waals surface area contributed by atoms with Gasteiger partial charge < -0.3 is 40.5 Å². The molecule has 4 atom stereocenters. The molecule has 2 aliphatic rings. The number of carbonyl (C=O) groups is 6. The van der Waals surface area contributed by atoms with E-state index in [1.807, 2.05) is 0 Å². The third-order valence-electron chi connectivity index (χ3n) is 10.8. The van der Waals surface area contributed by atoms with Gasteiger partial charge in [-0.2, -0.15) is 26.3 Å². The molecule has 2 saturated heterocycles. The first-order valence-corrected chi connectivity index (χ1v) is 19.9. The van der Waals surface area contributed by atoms with Crippen LogP contribution in [-0.2, 0) is 41.0 Å². The van der Waals surface area contributed by atoms with Crippen molar-refractivity contribution in [2.75, 3.05) is 37.9 Å². The zero-order valence-electron chi connectivity index (χ0n) is 34.2. The highest BCUT2D eigenvalue weighted by atomic mass is 19.4. The molecule has 2 fully saturated rings. The monoisotopic (exact) mass is 896 g/mol. The van der Waals surface area contributed by atoms with Crippen LogP contribution in [0.25, 0.3) is 11.1 Å². The van der Waals surface area contributed by atoms with Crippen LogP contribution in [0.3, 0.4) is 0 Å². The minimum Gasteiger partial charge on any atom is -0.453 e. The lowest BCUT2D eigenvalue weighted by Crippen LogP contribution is -2.48. The second-order valence-electron chi connectivity index (χ2n) is 14.8. The number of nitrogens with zero attached hydrogens (tertiary/aromatic N) is 2. The predicted molar refractivity (Wildman–Crippen MR) is 218 cm³/mol. The van der Waals surface area contributed by atoms with E-state index in [2.05, 4.69) is 30.7 Å². The average Bonchev–Trinajstić information content (AvgIpc) is 3.98. The molecule has 4 aromatic rings. The molecule has 0 bridgehead atoms. The summed E-state index contributed by atoms with van der Waals surface area (Å²) >= 11 is 0. The van der Waals surface area contributed by atoms with E-state index in [9.17, 15) is 55.1 Å². The summed E-state index contributed by atoms with van der Waals surface area (Å²) in [6.07, 6.45) is -11.4. The van der Waals surface area contributed by atoms with Gasteiger partial charge in [0.15, 0.2) is 0 Å². The van der Waals surface area contributed by atoms with Crippen molar-refractivity contribution >= 4 is 47.2 Å². The Morgan fingerprint density at radius 3 is 1.25 bits per heavy atom. The van der Waals surface area contributed by atoms with Crippen molar-refractivity contribution in [1.29, 1.82) is 0 Å². The Bertz CT molecular complexity index is 2220. The van der Waals surface area contributed by atoms with Gasteiger partial charge in [-0.1, -0.05) is 72.8 Å². The Hall–Kier alpha value is -7.12. The second kappa shape index (κ2) is 19.5. The molecule has 2 aliphatic heterocycles. The molecule has 0 spiro atoms. The molecule has 4 N–H and O–H groups in total. The number of hydrogen-bond acceptors (Lipinski definition) is 8. The number of benzene rings is 4. The number of likely N-dealkylation sites (tertiary alicyclic amines) is 2. The molecule has 4 aromatic carbocycles. The molecule has 20 heteroatoms. The molecule has 0 radical (unpaired) electrons. The summed E-state index contributed by atoms with van der Waals surface area (Å²) in [5.74, 6) is -3.10. The van der Waals surface area contributed by atoms with Crippen LogP contribution in [0.2, 0.25) is 0 Å². The van der Waals surface area contributed by atoms with E-state index < -0.39 is 106 Å². The molecule has 14 nitrogen and oxygen atoms in total. The van der Waals surface area contributed by atoms with E-state index in [4.69, 9.17) is 0 Å². The number of rotatable bonds is 11. The van der Waals surface area contributed by atoms with Gasteiger partial charge in [-0.3, -0.25) is 19.2 Å². The summed E-state index contributed by atoms with van der Waals surface area (Å²) in [5, 5.41) is 9.60. The van der Waals surface area contributed by atoms with E-state index in [-0.39, 0.29) is 25.9 Å². The first-order valence-electron chi connectivity index (χ1n) is 19.9. The van der Waals surface area contributed by atoms with Crippen LogP contribution in [0.5, 0.6) is 0 Å². The Morgan fingerprint density at radius 2 is 0.922 bits per heavy atom. The molecular weight excluding hydrogens is 855 g/mol. The number of anilines is 2. The van der Waals surface area contributed by atoms with Gasteiger partial charge in [0.2, 0.25) is 11.8 Å². The van der Waals surface area contributed by atoms with E-state index >= 15 is 0 Å². The summed E-state index contributed by atoms with van der Waals surface area (Å²) in [5.41, 5.74) is -4.90. The van der Waals surface area contributed by atoms with Crippen molar-refractivity contribution in [3.05, 3.63) is 119 Å². The maximum Gasteiger partial charge on any atom is 0.417 e. The Morgan fingerprint density at radius 1 is 0.562 bits per heavy atom. The second-order valence-corrected chi connectivity index (χ2v) is 14.8. The number of carbonyl (C=O) groups excluding carboxylic acids is 6. The highest BCUT2D eigenvalue weighted by molar-refractivity contribution is 6.00. The average molecular weight is 897 g/mol. The number of nitrogens with one attached hydrogen (secondary N) is 4. The molecule has 0 unspecified atom stereocenters. The highest BCUT2D eigenvalue weighted by Crippen LogP contribution is 2.44. The first-order chi connectivity index (χ1) is 30.4. The standard InChI is InChI=1S/C44H42F6N6O8/c1-63-41(61)53-35(25-11-5-3-6-12-25)39(59)55-21-9-15-33(55)37(57)51-27-17-19-29(31(23-27)43(45,46)47)30-20-18-28(24-32(30)44(48,49)50)52-38(58)34-16-10-22-56(34)40(60)36(54-42(62)64-2)26-13-7-4-8-14-26/h3-8,11-14,17-20,23-24,33-36H,9-10,15-16,21-22H2,1-2H3,(H,51,57)(H,52,58)(H,53,61)(H,54,62)/t33-,34-,35+,36+/m0/s1. The van der Waals surface area contributed by atoms with Crippen LogP contribution in [0.1, 0.15) is 60.0 Å². The first kappa shape index (κ1) is 46.4. The summed E-state index contributed by atoms with van der Waals surface area (Å²) in [7, 11) is 2.20. The summed E-state index contributed by atoms with van der Waals surface area (Å²) < 4.78 is 97.5. The number of alkyl halides is 6. The summed E-state index contributed by atoms with van der Waals surface area (Å²) in [6.45, 7) is 0.152. The lowest BCUT2D eigenvalue weighted by molar-refractivity contribution is -0.139. The number of ether oxygens (including phenoxy) is 2. The molecule has 0 aromatic heterocycles. The lowest BCUT2D eigenvalue weighted by atomic mass is 9.93. The Kier molecular flexibility index (Phi) is 14.1. The van der Waals surface area contributed by atoms with Crippen LogP contribution in [0.4, 0.5) is 47.3 Å². The van der Waals surface area contributed by atoms with Crippen LogP contribution >= 0.6 is 0 Å². The Labute approximate surface area is 362 Å². The number of alkyl carbamates (subject to hydrolysis) is 2. The van der Waals surface area contributed by atoms with Gasteiger partial charge in [0, 0.05) is 24.5 Å². The number of hydrogen-bond donors (Lipinski definition) is 4. The zero-order valence-corrected chi connectivity index (χ0v) is 34.2. The molecule has 0 saturated carbocycles. The largest absolute Gasteiger partial charge is 0.453 e. The van der Waals surface area contributed by atoms with Gasteiger partial charge in [0.25, 0.3) is 11.8 Å².